The van der Waals surface area contributed by atoms with Crippen molar-refractivity contribution in [3.05, 3.63) is 38.0 Å². The fourth-order valence-electron chi connectivity index (χ4n) is 1.31. The molecule has 0 aliphatic carbocycles. The van der Waals surface area contributed by atoms with Crippen molar-refractivity contribution in [1.29, 1.82) is 5.26 Å². The number of nitrogens with zero attached hydrogens (tertiary/aromatic N) is 2. The molecule has 0 spiro atoms. The summed E-state index contributed by atoms with van der Waals surface area (Å²) in [5, 5.41) is 13.1. The van der Waals surface area contributed by atoms with Crippen LogP contribution in [-0.2, 0) is 13.1 Å². The summed E-state index contributed by atoms with van der Waals surface area (Å²) in [5.74, 6) is 0. The van der Waals surface area contributed by atoms with E-state index < -0.39 is 0 Å². The lowest BCUT2D eigenvalue weighted by Crippen LogP contribution is -2.11. The van der Waals surface area contributed by atoms with Crippen molar-refractivity contribution in [3.8, 4) is 6.07 Å². The van der Waals surface area contributed by atoms with Gasteiger partial charge in [0.05, 0.1) is 0 Å². The average Bonchev–Trinajstić information content (AvgIpc) is 2.88. The summed E-state index contributed by atoms with van der Waals surface area (Å²) in [6.07, 6.45) is 1.89. The minimum absolute atomic E-state index is 0.766. The molecule has 0 saturated carbocycles. The van der Waals surface area contributed by atoms with Gasteiger partial charge in [0.15, 0.2) is 0 Å². The molecule has 2 aromatic heterocycles. The van der Waals surface area contributed by atoms with Crippen molar-refractivity contribution >= 4 is 22.7 Å². The molecular weight excluding hydrogens is 238 g/mol. The van der Waals surface area contributed by atoms with Crippen molar-refractivity contribution in [2.45, 2.75) is 20.0 Å². The summed E-state index contributed by atoms with van der Waals surface area (Å²) >= 11 is 3.24. The van der Waals surface area contributed by atoms with Crippen LogP contribution in [0.15, 0.2) is 18.3 Å². The monoisotopic (exact) mass is 249 g/mol. The number of aromatic nitrogens is 1. The van der Waals surface area contributed by atoms with Gasteiger partial charge in [-0.2, -0.15) is 5.26 Å². The van der Waals surface area contributed by atoms with Gasteiger partial charge >= 0.3 is 0 Å². The molecule has 3 nitrogen and oxygen atoms in total. The Bertz CT molecular complexity index is 507. The normalized spacial score (nSPS) is 10.2. The van der Waals surface area contributed by atoms with E-state index in [1.165, 1.54) is 21.1 Å². The van der Waals surface area contributed by atoms with Gasteiger partial charge in [-0.25, -0.2) is 4.98 Å². The lowest BCUT2D eigenvalue weighted by molar-refractivity contribution is 0.697. The zero-order valence-corrected chi connectivity index (χ0v) is 10.5. The quantitative estimate of drug-likeness (QED) is 0.906. The van der Waals surface area contributed by atoms with Gasteiger partial charge in [0.25, 0.3) is 0 Å². The van der Waals surface area contributed by atoms with Gasteiger partial charge < -0.3 is 5.32 Å². The van der Waals surface area contributed by atoms with Crippen LogP contribution in [0.25, 0.3) is 0 Å². The molecule has 16 heavy (non-hydrogen) atoms. The lowest BCUT2D eigenvalue weighted by Gasteiger charge is -1.98. The SMILES string of the molecule is Cc1cnc(CNCc2ccc(C#N)s2)s1. The van der Waals surface area contributed by atoms with Crippen LogP contribution in [0.5, 0.6) is 0 Å². The van der Waals surface area contributed by atoms with Gasteiger partial charge in [-0.3, -0.25) is 0 Å². The van der Waals surface area contributed by atoms with E-state index in [2.05, 4.69) is 23.3 Å². The van der Waals surface area contributed by atoms with Crippen LogP contribution in [0, 0.1) is 18.3 Å². The van der Waals surface area contributed by atoms with Crippen LogP contribution in [0.4, 0.5) is 0 Å². The summed E-state index contributed by atoms with van der Waals surface area (Å²) in [4.78, 5) is 7.46. The average molecular weight is 249 g/mol. The van der Waals surface area contributed by atoms with Gasteiger partial charge in [0, 0.05) is 29.0 Å². The van der Waals surface area contributed by atoms with Gasteiger partial charge in [0.1, 0.15) is 16.0 Å². The molecule has 82 valence electrons. The number of thiazole rings is 1. The highest BCUT2D eigenvalue weighted by Gasteiger charge is 2.00. The molecule has 0 unspecified atom stereocenters. The third kappa shape index (κ3) is 2.89. The maximum atomic E-state index is 8.69. The predicted molar refractivity (Wildman–Crippen MR) is 66.4 cm³/mol. The fraction of sp³-hybridized carbons (Fsp3) is 0.273. The molecule has 1 N–H and O–H groups in total. The predicted octanol–water partition coefficient (Wildman–Crippen LogP) is 2.67. The van der Waals surface area contributed by atoms with Crippen molar-refractivity contribution in [1.82, 2.24) is 10.3 Å². The first-order chi connectivity index (χ1) is 7.78. The fourth-order valence-corrected chi connectivity index (χ4v) is 2.84. The molecule has 0 fully saturated rings. The summed E-state index contributed by atoms with van der Waals surface area (Å²) in [5.41, 5.74) is 0. The molecule has 2 heterocycles. The van der Waals surface area contributed by atoms with Crippen molar-refractivity contribution in [2.24, 2.45) is 0 Å². The molecule has 0 bridgehead atoms. The number of aryl methyl sites for hydroxylation is 1. The number of hydrogen-bond acceptors (Lipinski definition) is 5. The number of hydrogen-bond donors (Lipinski definition) is 1. The highest BCUT2D eigenvalue weighted by Crippen LogP contribution is 2.15. The van der Waals surface area contributed by atoms with E-state index in [1.54, 1.807) is 11.3 Å². The molecular formula is C11H11N3S2. The zero-order valence-electron chi connectivity index (χ0n) is 8.86. The van der Waals surface area contributed by atoms with Gasteiger partial charge in [-0.05, 0) is 19.1 Å². The topological polar surface area (TPSA) is 48.7 Å². The summed E-state index contributed by atoms with van der Waals surface area (Å²) in [6.45, 7) is 3.64. The van der Waals surface area contributed by atoms with E-state index in [0.717, 1.165) is 23.0 Å². The second-order valence-corrected chi connectivity index (χ2v) is 5.83. The number of thiophene rings is 1. The number of nitriles is 1. The van der Waals surface area contributed by atoms with Crippen LogP contribution in [-0.4, -0.2) is 4.98 Å². The lowest BCUT2D eigenvalue weighted by atomic mass is 10.4. The molecule has 0 saturated heterocycles. The van der Waals surface area contributed by atoms with Gasteiger partial charge in [-0.1, -0.05) is 0 Å². The minimum Gasteiger partial charge on any atom is -0.306 e. The second-order valence-electron chi connectivity index (χ2n) is 3.35. The standard InChI is InChI=1S/C11H11N3S2/c1-8-5-14-11(15-8)7-13-6-10-3-2-9(4-12)16-10/h2-3,5,13H,6-7H2,1H3. The van der Waals surface area contributed by atoms with E-state index in [1.807, 2.05) is 18.3 Å². The number of rotatable bonds is 4. The van der Waals surface area contributed by atoms with E-state index >= 15 is 0 Å². The molecule has 0 atom stereocenters. The molecule has 0 amide bonds. The van der Waals surface area contributed by atoms with E-state index in [0.29, 0.717) is 0 Å². The van der Waals surface area contributed by atoms with E-state index in [9.17, 15) is 0 Å². The Balaban J connectivity index is 1.82. The zero-order chi connectivity index (χ0) is 11.4. The maximum Gasteiger partial charge on any atom is 0.110 e. The van der Waals surface area contributed by atoms with Crippen molar-refractivity contribution in [3.63, 3.8) is 0 Å². The van der Waals surface area contributed by atoms with Crippen LogP contribution >= 0.6 is 22.7 Å². The number of nitrogens with one attached hydrogen (secondary N) is 1. The van der Waals surface area contributed by atoms with Gasteiger partial charge in [-0.15, -0.1) is 22.7 Å². The molecule has 0 aliphatic rings. The Kier molecular flexibility index (Phi) is 3.67. The highest BCUT2D eigenvalue weighted by molar-refractivity contribution is 7.12. The molecule has 0 aliphatic heterocycles. The first kappa shape index (κ1) is 11.3. The smallest absolute Gasteiger partial charge is 0.110 e. The van der Waals surface area contributed by atoms with Crippen molar-refractivity contribution < 1.29 is 0 Å². The molecule has 2 aromatic rings. The molecule has 5 heteroatoms. The summed E-state index contributed by atoms with van der Waals surface area (Å²) in [6, 6.07) is 5.99. The second kappa shape index (κ2) is 5.21. The Morgan fingerprint density at radius 2 is 2.25 bits per heavy atom. The van der Waals surface area contributed by atoms with Crippen LogP contribution < -0.4 is 5.32 Å². The first-order valence-corrected chi connectivity index (χ1v) is 6.52. The van der Waals surface area contributed by atoms with Gasteiger partial charge in [0.2, 0.25) is 0 Å². The maximum absolute atomic E-state index is 8.69. The van der Waals surface area contributed by atoms with Crippen LogP contribution in [0.2, 0.25) is 0 Å². The summed E-state index contributed by atoms with van der Waals surface area (Å²) in [7, 11) is 0. The molecule has 2 rings (SSSR count). The molecule has 0 aromatic carbocycles. The third-order valence-electron chi connectivity index (χ3n) is 2.02. The first-order valence-electron chi connectivity index (χ1n) is 4.89. The Morgan fingerprint density at radius 1 is 1.38 bits per heavy atom. The van der Waals surface area contributed by atoms with Crippen LogP contribution in [0.1, 0.15) is 19.6 Å². The summed E-state index contributed by atoms with van der Waals surface area (Å²) < 4.78 is 0. The Morgan fingerprint density at radius 3 is 2.88 bits per heavy atom. The van der Waals surface area contributed by atoms with E-state index in [-0.39, 0.29) is 0 Å². The largest absolute Gasteiger partial charge is 0.306 e. The molecule has 0 radical (unpaired) electrons. The van der Waals surface area contributed by atoms with Crippen molar-refractivity contribution in [2.75, 3.05) is 0 Å². The highest BCUT2D eigenvalue weighted by atomic mass is 32.1. The van der Waals surface area contributed by atoms with Crippen LogP contribution in [0.3, 0.4) is 0 Å². The third-order valence-corrected chi connectivity index (χ3v) is 3.92. The minimum atomic E-state index is 0.766. The Hall–Kier alpha value is -1.22. The Labute approximate surface area is 102 Å². The van der Waals surface area contributed by atoms with E-state index in [4.69, 9.17) is 5.26 Å².